The lowest BCUT2D eigenvalue weighted by Crippen LogP contribution is -2.21. The highest BCUT2D eigenvalue weighted by Crippen LogP contribution is 2.46. The first-order chi connectivity index (χ1) is 20.9. The normalized spacial score (nSPS) is 17.0. The minimum atomic E-state index is -4.81. The Labute approximate surface area is 252 Å². The van der Waals surface area contributed by atoms with Crippen LogP contribution in [0.5, 0.6) is 5.75 Å². The monoisotopic (exact) mass is 591 g/mol. The Kier molecular flexibility index (Phi) is 7.44. The molecule has 0 N–H and O–H groups in total. The Morgan fingerprint density at radius 1 is 0.651 bits per heavy atom. The number of hydrogen-bond acceptors (Lipinski definition) is 5. The standard InChI is InChI=1S/C37H36O5S/c38-37(42-35-28-19-9-11-21-30(28)36(43(39,40)41)31-22-12-10-20-29(31)35)34-32(24-13-3-1-4-14-24)23-26-17-7-8-18-27(26)33(34)25-15-5-2-6-16-25/h7-12,17-25H,1-6,13-16H2,(H,39,40,41)/p-1. The zero-order valence-electron chi connectivity index (χ0n) is 24.2. The topological polar surface area (TPSA) is 83.5 Å². The van der Waals surface area contributed by atoms with Crippen LogP contribution in [0.3, 0.4) is 0 Å². The van der Waals surface area contributed by atoms with Crippen LogP contribution in [-0.4, -0.2) is 18.9 Å². The number of carbonyl (C=O) groups excluding carboxylic acids is 1. The molecule has 6 heteroatoms. The van der Waals surface area contributed by atoms with Crippen molar-refractivity contribution < 1.29 is 22.5 Å². The summed E-state index contributed by atoms with van der Waals surface area (Å²) in [6.45, 7) is 0. The Morgan fingerprint density at radius 3 is 1.70 bits per heavy atom. The van der Waals surface area contributed by atoms with E-state index in [1.165, 1.54) is 18.2 Å². The molecule has 5 aromatic carbocycles. The van der Waals surface area contributed by atoms with Gasteiger partial charge in [0.2, 0.25) is 0 Å². The minimum Gasteiger partial charge on any atom is -0.744 e. The van der Waals surface area contributed by atoms with Crippen LogP contribution in [0.2, 0.25) is 0 Å². The quantitative estimate of drug-likeness (QED) is 0.0880. The number of ether oxygens (including phenoxy) is 1. The SMILES string of the molecule is O=C(Oc1c2ccccc2c(S(=O)(=O)[O-])c2ccccc12)c1c(C2CCCCC2)cc2ccccc2c1C1CCCCC1. The van der Waals surface area contributed by atoms with Crippen molar-refractivity contribution in [1.29, 1.82) is 0 Å². The molecule has 0 atom stereocenters. The molecule has 0 unspecified atom stereocenters. The summed E-state index contributed by atoms with van der Waals surface area (Å²) in [7, 11) is -4.81. The largest absolute Gasteiger partial charge is 0.744 e. The van der Waals surface area contributed by atoms with E-state index in [1.807, 2.05) is 6.07 Å². The molecule has 2 fully saturated rings. The minimum absolute atomic E-state index is 0.262. The van der Waals surface area contributed by atoms with Crippen LogP contribution in [0.25, 0.3) is 32.3 Å². The fourth-order valence-corrected chi connectivity index (χ4v) is 8.64. The van der Waals surface area contributed by atoms with Gasteiger partial charge in [-0.2, -0.15) is 0 Å². The van der Waals surface area contributed by atoms with Gasteiger partial charge in [-0.05, 0) is 65.5 Å². The maximum absolute atomic E-state index is 14.8. The summed E-state index contributed by atoms with van der Waals surface area (Å²) < 4.78 is 44.0. The lowest BCUT2D eigenvalue weighted by Gasteiger charge is -2.30. The smallest absolute Gasteiger partial charge is 0.344 e. The molecule has 2 aliphatic carbocycles. The molecule has 220 valence electrons. The van der Waals surface area contributed by atoms with Gasteiger partial charge in [-0.25, -0.2) is 13.2 Å². The van der Waals surface area contributed by atoms with Crippen molar-refractivity contribution in [3.05, 3.63) is 95.6 Å². The van der Waals surface area contributed by atoms with Gasteiger partial charge < -0.3 is 9.29 Å². The number of esters is 1. The number of hydrogen-bond donors (Lipinski definition) is 0. The molecular formula is C37H35O5S-. The van der Waals surface area contributed by atoms with E-state index >= 15 is 0 Å². The van der Waals surface area contributed by atoms with E-state index in [0.29, 0.717) is 22.1 Å². The van der Waals surface area contributed by atoms with Crippen molar-refractivity contribution in [2.75, 3.05) is 0 Å². The van der Waals surface area contributed by atoms with E-state index in [9.17, 15) is 17.8 Å². The average Bonchev–Trinajstić information content (AvgIpc) is 3.04. The second kappa shape index (κ2) is 11.4. The fourth-order valence-electron chi connectivity index (χ4n) is 7.75. The van der Waals surface area contributed by atoms with Crippen LogP contribution in [-0.2, 0) is 10.1 Å². The van der Waals surface area contributed by atoms with E-state index in [0.717, 1.165) is 67.9 Å². The first kappa shape index (κ1) is 28.1. The van der Waals surface area contributed by atoms with Gasteiger partial charge in [-0.15, -0.1) is 0 Å². The van der Waals surface area contributed by atoms with Gasteiger partial charge in [0.1, 0.15) is 15.9 Å². The lowest BCUT2D eigenvalue weighted by molar-refractivity contribution is 0.0735. The molecule has 0 bridgehead atoms. The molecule has 7 rings (SSSR count). The predicted molar refractivity (Wildman–Crippen MR) is 170 cm³/mol. The molecule has 0 spiro atoms. The Balaban J connectivity index is 1.48. The van der Waals surface area contributed by atoms with Gasteiger partial charge in [-0.3, -0.25) is 0 Å². The first-order valence-corrected chi connectivity index (χ1v) is 17.0. The van der Waals surface area contributed by atoms with E-state index in [1.54, 1.807) is 48.5 Å². The molecular weight excluding hydrogens is 556 g/mol. The fraction of sp³-hybridized carbons (Fsp3) is 0.324. The third-order valence-corrected chi connectivity index (χ3v) is 10.6. The van der Waals surface area contributed by atoms with Crippen LogP contribution in [0.1, 0.15) is 97.5 Å². The predicted octanol–water partition coefficient (Wildman–Crippen LogP) is 9.36. The zero-order chi connectivity index (χ0) is 29.6. The summed E-state index contributed by atoms with van der Waals surface area (Å²) in [4.78, 5) is 14.5. The highest BCUT2D eigenvalue weighted by Gasteiger charge is 2.32. The number of fused-ring (bicyclic) bond motifs is 3. The summed E-state index contributed by atoms with van der Waals surface area (Å²) in [5.74, 6) is 0.441. The van der Waals surface area contributed by atoms with Crippen LogP contribution in [0.15, 0.2) is 83.8 Å². The molecule has 0 heterocycles. The Morgan fingerprint density at radius 2 is 1.14 bits per heavy atom. The molecule has 2 saturated carbocycles. The van der Waals surface area contributed by atoms with Crippen molar-refractivity contribution >= 4 is 48.4 Å². The number of benzene rings is 5. The Hall–Kier alpha value is -3.74. The molecule has 5 aromatic rings. The zero-order valence-corrected chi connectivity index (χ0v) is 25.0. The molecule has 2 aliphatic rings. The summed E-state index contributed by atoms with van der Waals surface area (Å²) in [6.07, 6.45) is 11.2. The molecule has 0 amide bonds. The lowest BCUT2D eigenvalue weighted by atomic mass is 9.74. The molecule has 0 saturated heterocycles. The summed E-state index contributed by atoms with van der Waals surface area (Å²) >= 11 is 0. The van der Waals surface area contributed by atoms with Crippen LogP contribution < -0.4 is 4.74 Å². The van der Waals surface area contributed by atoms with Gasteiger partial charge in [0.15, 0.2) is 0 Å². The molecule has 5 nitrogen and oxygen atoms in total. The number of rotatable bonds is 5. The maximum Gasteiger partial charge on any atom is 0.344 e. The average molecular weight is 592 g/mol. The van der Waals surface area contributed by atoms with E-state index < -0.39 is 16.1 Å². The molecule has 0 aliphatic heterocycles. The van der Waals surface area contributed by atoms with E-state index in [-0.39, 0.29) is 27.5 Å². The van der Waals surface area contributed by atoms with Crippen LogP contribution in [0.4, 0.5) is 0 Å². The third kappa shape index (κ3) is 5.11. The molecule has 43 heavy (non-hydrogen) atoms. The van der Waals surface area contributed by atoms with Crippen molar-refractivity contribution in [2.45, 2.75) is 80.9 Å². The van der Waals surface area contributed by atoms with Gasteiger partial charge in [0.25, 0.3) is 0 Å². The summed E-state index contributed by atoms with van der Waals surface area (Å²) in [5, 5.41) is 3.67. The third-order valence-electron chi connectivity index (χ3n) is 9.66. The van der Waals surface area contributed by atoms with Gasteiger partial charge in [-0.1, -0.05) is 111 Å². The number of carbonyl (C=O) groups is 1. The first-order valence-electron chi connectivity index (χ1n) is 15.6. The van der Waals surface area contributed by atoms with Crippen molar-refractivity contribution in [3.8, 4) is 5.75 Å². The van der Waals surface area contributed by atoms with E-state index in [2.05, 4.69) is 24.3 Å². The summed E-state index contributed by atoms with van der Waals surface area (Å²) in [5.41, 5.74) is 2.87. The second-order valence-corrected chi connectivity index (χ2v) is 13.6. The summed E-state index contributed by atoms with van der Waals surface area (Å²) in [6, 6.07) is 24.2. The van der Waals surface area contributed by atoms with Crippen molar-refractivity contribution in [3.63, 3.8) is 0 Å². The maximum atomic E-state index is 14.8. The highest BCUT2D eigenvalue weighted by atomic mass is 32.2. The second-order valence-electron chi connectivity index (χ2n) is 12.2. The van der Waals surface area contributed by atoms with Crippen LogP contribution in [0, 0.1) is 0 Å². The van der Waals surface area contributed by atoms with Gasteiger partial charge in [0, 0.05) is 21.5 Å². The van der Waals surface area contributed by atoms with Gasteiger partial charge in [0.05, 0.1) is 10.5 Å². The van der Waals surface area contributed by atoms with Crippen LogP contribution >= 0.6 is 0 Å². The molecule has 0 radical (unpaired) electrons. The van der Waals surface area contributed by atoms with Gasteiger partial charge >= 0.3 is 5.97 Å². The van der Waals surface area contributed by atoms with Crippen molar-refractivity contribution in [2.24, 2.45) is 0 Å². The van der Waals surface area contributed by atoms with Crippen molar-refractivity contribution in [1.82, 2.24) is 0 Å². The Bertz CT molecular complexity index is 1910. The highest BCUT2D eigenvalue weighted by molar-refractivity contribution is 7.86. The van der Waals surface area contributed by atoms with E-state index in [4.69, 9.17) is 4.74 Å². The molecule has 0 aromatic heterocycles.